The van der Waals surface area contributed by atoms with Gasteiger partial charge in [-0.2, -0.15) is 5.10 Å². The van der Waals surface area contributed by atoms with Crippen LogP contribution in [0.4, 0.5) is 5.82 Å². The number of nitrogens with one attached hydrogen (secondary N) is 1. The van der Waals surface area contributed by atoms with E-state index in [0.29, 0.717) is 11.7 Å². The molecule has 2 aliphatic rings. The van der Waals surface area contributed by atoms with Gasteiger partial charge in [0.2, 0.25) is 5.91 Å². The zero-order chi connectivity index (χ0) is 19.3. The molecular formula is C21H19ClN4OS. The van der Waals surface area contributed by atoms with Gasteiger partial charge in [-0.25, -0.2) is 0 Å². The number of anilines is 1. The van der Waals surface area contributed by atoms with Crippen LogP contribution in [0.15, 0.2) is 42.6 Å². The van der Waals surface area contributed by atoms with Gasteiger partial charge in [-0.15, -0.1) is 11.8 Å². The largest absolute Gasteiger partial charge is 0.310 e. The van der Waals surface area contributed by atoms with Crippen molar-refractivity contribution in [3.63, 3.8) is 0 Å². The first kappa shape index (κ1) is 17.8. The van der Waals surface area contributed by atoms with E-state index in [9.17, 15) is 4.79 Å². The molecule has 0 radical (unpaired) electrons. The highest BCUT2D eigenvalue weighted by molar-refractivity contribution is 8.00. The Morgan fingerprint density at radius 1 is 1.21 bits per heavy atom. The number of hydrogen-bond acceptors (Lipinski definition) is 4. The monoisotopic (exact) mass is 410 g/mol. The third-order valence-electron chi connectivity index (χ3n) is 5.24. The highest BCUT2D eigenvalue weighted by Crippen LogP contribution is 2.51. The number of carbonyl (C=O) groups is 1. The molecule has 1 atom stereocenters. The number of aryl methyl sites for hydroxylation is 1. The fraction of sp³-hybridized carbons (Fsp3) is 0.286. The summed E-state index contributed by atoms with van der Waals surface area (Å²) in [5.74, 6) is 1.69. The van der Waals surface area contributed by atoms with Gasteiger partial charge < -0.3 is 5.32 Å². The first-order chi connectivity index (χ1) is 13.6. The van der Waals surface area contributed by atoms with Crippen LogP contribution in [-0.4, -0.2) is 26.4 Å². The van der Waals surface area contributed by atoms with Crippen LogP contribution in [0, 0.1) is 0 Å². The molecule has 1 fully saturated rings. The summed E-state index contributed by atoms with van der Waals surface area (Å²) in [7, 11) is 1.86. The van der Waals surface area contributed by atoms with Crippen LogP contribution < -0.4 is 5.32 Å². The minimum atomic E-state index is -0.00810. The Bertz CT molecular complexity index is 1060. The van der Waals surface area contributed by atoms with Gasteiger partial charge in [0.05, 0.1) is 16.7 Å². The van der Waals surface area contributed by atoms with E-state index < -0.39 is 0 Å². The first-order valence-electron chi connectivity index (χ1n) is 9.31. The van der Waals surface area contributed by atoms with Crippen molar-refractivity contribution in [3.05, 3.63) is 64.3 Å². The van der Waals surface area contributed by atoms with E-state index in [0.717, 1.165) is 27.8 Å². The van der Waals surface area contributed by atoms with Crippen LogP contribution in [0.2, 0.25) is 5.02 Å². The van der Waals surface area contributed by atoms with E-state index in [2.05, 4.69) is 22.4 Å². The van der Waals surface area contributed by atoms with E-state index in [1.54, 1.807) is 22.6 Å². The van der Waals surface area contributed by atoms with E-state index in [4.69, 9.17) is 16.7 Å². The molecule has 5 nitrogen and oxygen atoms in total. The third kappa shape index (κ3) is 3.10. The summed E-state index contributed by atoms with van der Waals surface area (Å²) >= 11 is 7.95. The molecule has 2 aromatic heterocycles. The number of nitrogens with zero attached hydrogens (tertiary/aromatic N) is 3. The number of aromatic nitrogens is 3. The average molecular weight is 411 g/mol. The molecule has 1 aliphatic carbocycles. The molecule has 5 rings (SSSR count). The lowest BCUT2D eigenvalue weighted by molar-refractivity contribution is -0.113. The summed E-state index contributed by atoms with van der Waals surface area (Å²) in [6.45, 7) is 0. The van der Waals surface area contributed by atoms with Crippen LogP contribution in [0.25, 0.3) is 11.4 Å². The molecule has 3 heterocycles. The normalized spacial score (nSPS) is 19.1. The van der Waals surface area contributed by atoms with E-state index >= 15 is 0 Å². The molecule has 0 bridgehead atoms. The predicted molar refractivity (Wildman–Crippen MR) is 113 cm³/mol. The summed E-state index contributed by atoms with van der Waals surface area (Å²) < 4.78 is 1.75. The molecule has 1 unspecified atom stereocenters. The van der Waals surface area contributed by atoms with Crippen LogP contribution in [0.5, 0.6) is 0 Å². The highest BCUT2D eigenvalue weighted by atomic mass is 35.5. The van der Waals surface area contributed by atoms with Crippen LogP contribution in [-0.2, 0) is 11.8 Å². The Kier molecular flexibility index (Phi) is 4.40. The Morgan fingerprint density at radius 2 is 2.07 bits per heavy atom. The Hall–Kier alpha value is -2.31. The van der Waals surface area contributed by atoms with Gasteiger partial charge in [-0.1, -0.05) is 23.7 Å². The lowest BCUT2D eigenvalue weighted by Crippen LogP contribution is -2.15. The molecule has 1 N–H and O–H groups in total. The number of hydrogen-bond donors (Lipinski definition) is 1. The second-order valence-electron chi connectivity index (χ2n) is 7.24. The van der Waals surface area contributed by atoms with Gasteiger partial charge >= 0.3 is 0 Å². The molecule has 1 saturated carbocycles. The van der Waals surface area contributed by atoms with Crippen molar-refractivity contribution in [2.24, 2.45) is 7.05 Å². The first-order valence-corrected chi connectivity index (χ1v) is 10.7. The minimum absolute atomic E-state index is 0.00692. The lowest BCUT2D eigenvalue weighted by Gasteiger charge is -2.20. The molecule has 1 aromatic carbocycles. The van der Waals surface area contributed by atoms with E-state index in [1.807, 2.05) is 31.3 Å². The molecule has 0 spiro atoms. The van der Waals surface area contributed by atoms with E-state index in [-0.39, 0.29) is 11.2 Å². The zero-order valence-corrected chi connectivity index (χ0v) is 16.9. The van der Waals surface area contributed by atoms with Crippen molar-refractivity contribution in [2.75, 3.05) is 11.1 Å². The van der Waals surface area contributed by atoms with Crippen molar-refractivity contribution in [1.82, 2.24) is 14.8 Å². The van der Waals surface area contributed by atoms with Crippen LogP contribution in [0.3, 0.4) is 0 Å². The third-order valence-corrected chi connectivity index (χ3v) is 6.73. The van der Waals surface area contributed by atoms with Crippen molar-refractivity contribution < 1.29 is 4.79 Å². The maximum absolute atomic E-state index is 12.4. The summed E-state index contributed by atoms with van der Waals surface area (Å²) in [6, 6.07) is 12.0. The summed E-state index contributed by atoms with van der Waals surface area (Å²) in [5.41, 5.74) is 5.15. The highest BCUT2D eigenvalue weighted by Gasteiger charge is 2.35. The molecule has 3 aromatic rings. The minimum Gasteiger partial charge on any atom is -0.310 e. The molecular weight excluding hydrogens is 392 g/mol. The number of amides is 1. The Balaban J connectivity index is 1.73. The van der Waals surface area contributed by atoms with Crippen molar-refractivity contribution in [2.45, 2.75) is 24.0 Å². The summed E-state index contributed by atoms with van der Waals surface area (Å²) in [4.78, 5) is 16.9. The average Bonchev–Trinajstić information content (AvgIpc) is 3.51. The molecule has 0 saturated heterocycles. The molecule has 1 amide bonds. The van der Waals surface area contributed by atoms with Gasteiger partial charge in [-0.3, -0.25) is 14.5 Å². The number of fused-ring (bicyclic) bond motifs is 1. The fourth-order valence-electron chi connectivity index (χ4n) is 3.82. The quantitative estimate of drug-likeness (QED) is 0.674. The van der Waals surface area contributed by atoms with Gasteiger partial charge in [0, 0.05) is 23.8 Å². The SMILES string of the molecule is Cn1nc(-c2ccccn2)c2c1NC(=O)CSC2c1ccc(Cl)cc1C1CC1. The Labute approximate surface area is 172 Å². The smallest absolute Gasteiger partial charge is 0.235 e. The Morgan fingerprint density at radius 3 is 2.82 bits per heavy atom. The number of thioether (sulfide) groups is 1. The second kappa shape index (κ2) is 6.94. The standard InChI is InChI=1S/C21H19ClN4OS/c1-26-21-18(19(25-26)16-4-2-3-9-23-16)20(28-11-17(27)24-21)14-8-7-13(22)10-15(14)12-5-6-12/h2-4,7-10,12,20H,5-6,11H2,1H3,(H,24,27). The van der Waals surface area contributed by atoms with Crippen molar-refractivity contribution in [1.29, 1.82) is 0 Å². The topological polar surface area (TPSA) is 59.8 Å². The fourth-order valence-corrected chi connectivity index (χ4v) is 5.17. The molecule has 7 heteroatoms. The number of rotatable bonds is 3. The molecule has 142 valence electrons. The van der Waals surface area contributed by atoms with Gasteiger partial charge in [0.1, 0.15) is 11.5 Å². The number of pyridine rings is 1. The predicted octanol–water partition coefficient (Wildman–Crippen LogP) is 4.79. The maximum atomic E-state index is 12.4. The lowest BCUT2D eigenvalue weighted by atomic mass is 9.95. The maximum Gasteiger partial charge on any atom is 0.235 e. The summed E-state index contributed by atoms with van der Waals surface area (Å²) in [6.07, 6.45) is 4.15. The van der Waals surface area contributed by atoms with Crippen molar-refractivity contribution in [3.8, 4) is 11.4 Å². The van der Waals surface area contributed by atoms with Gasteiger partial charge in [0.25, 0.3) is 0 Å². The second-order valence-corrected chi connectivity index (χ2v) is 8.77. The molecule has 1 aliphatic heterocycles. The number of halogens is 1. The van der Waals surface area contributed by atoms with Crippen molar-refractivity contribution >= 4 is 35.1 Å². The zero-order valence-electron chi connectivity index (χ0n) is 15.4. The van der Waals surface area contributed by atoms with Gasteiger partial charge in [-0.05, 0) is 54.2 Å². The number of benzene rings is 1. The van der Waals surface area contributed by atoms with Gasteiger partial charge in [0.15, 0.2) is 0 Å². The summed E-state index contributed by atoms with van der Waals surface area (Å²) in [5, 5.41) is 8.52. The van der Waals surface area contributed by atoms with Crippen LogP contribution in [0.1, 0.15) is 40.7 Å². The van der Waals surface area contributed by atoms with E-state index in [1.165, 1.54) is 24.0 Å². The number of carbonyl (C=O) groups excluding carboxylic acids is 1. The molecule has 28 heavy (non-hydrogen) atoms. The van der Waals surface area contributed by atoms with Crippen LogP contribution >= 0.6 is 23.4 Å².